The SMILES string of the molecule is OCCn1cc(Nc2ncc(Cl)c(NCc3c(F)cc(F)cc3F)n2)cn1. The quantitative estimate of drug-likeness (QED) is 0.567. The minimum atomic E-state index is -1.01. The molecule has 3 rings (SSSR count). The molecule has 2 aromatic heterocycles. The molecule has 2 heterocycles. The monoisotopic (exact) mass is 398 g/mol. The van der Waals surface area contributed by atoms with Crippen LogP contribution >= 0.6 is 11.6 Å². The molecule has 0 spiro atoms. The summed E-state index contributed by atoms with van der Waals surface area (Å²) in [7, 11) is 0. The summed E-state index contributed by atoms with van der Waals surface area (Å²) in [5.41, 5.74) is 0.234. The summed E-state index contributed by atoms with van der Waals surface area (Å²) < 4.78 is 41.9. The molecule has 0 saturated carbocycles. The average molecular weight is 399 g/mol. The minimum Gasteiger partial charge on any atom is -0.394 e. The Hall–Kier alpha value is -2.85. The zero-order valence-electron chi connectivity index (χ0n) is 13.8. The second-order valence-electron chi connectivity index (χ2n) is 5.43. The normalized spacial score (nSPS) is 10.9. The first-order chi connectivity index (χ1) is 13.0. The van der Waals surface area contributed by atoms with Gasteiger partial charge in [-0.05, 0) is 0 Å². The van der Waals surface area contributed by atoms with Gasteiger partial charge < -0.3 is 15.7 Å². The van der Waals surface area contributed by atoms with Gasteiger partial charge in [-0.2, -0.15) is 10.1 Å². The summed E-state index contributed by atoms with van der Waals surface area (Å²) in [6, 6.07) is 1.19. The van der Waals surface area contributed by atoms with Crippen molar-refractivity contribution in [3.05, 3.63) is 58.8 Å². The lowest BCUT2D eigenvalue weighted by atomic mass is 10.2. The first-order valence-electron chi connectivity index (χ1n) is 7.76. The second kappa shape index (κ2) is 8.23. The van der Waals surface area contributed by atoms with Gasteiger partial charge in [-0.3, -0.25) is 4.68 Å². The van der Waals surface area contributed by atoms with E-state index in [0.29, 0.717) is 24.4 Å². The summed E-state index contributed by atoms with van der Waals surface area (Å²) in [6.07, 6.45) is 4.48. The summed E-state index contributed by atoms with van der Waals surface area (Å²) in [6.45, 7) is -0.00352. The van der Waals surface area contributed by atoms with Crippen molar-refractivity contribution in [1.29, 1.82) is 0 Å². The first-order valence-corrected chi connectivity index (χ1v) is 8.14. The zero-order chi connectivity index (χ0) is 19.4. The Kier molecular flexibility index (Phi) is 5.77. The fourth-order valence-electron chi connectivity index (χ4n) is 2.25. The molecule has 0 saturated heterocycles. The highest BCUT2D eigenvalue weighted by molar-refractivity contribution is 6.32. The lowest BCUT2D eigenvalue weighted by molar-refractivity contribution is 0.269. The third-order valence-electron chi connectivity index (χ3n) is 3.50. The topological polar surface area (TPSA) is 87.9 Å². The molecule has 3 N–H and O–H groups in total. The van der Waals surface area contributed by atoms with Crippen molar-refractivity contribution in [2.75, 3.05) is 17.2 Å². The fourth-order valence-corrected chi connectivity index (χ4v) is 2.40. The Morgan fingerprint density at radius 2 is 1.89 bits per heavy atom. The van der Waals surface area contributed by atoms with Gasteiger partial charge in [0.15, 0.2) is 5.82 Å². The summed E-state index contributed by atoms with van der Waals surface area (Å²) >= 11 is 6.01. The summed E-state index contributed by atoms with van der Waals surface area (Å²) in [4.78, 5) is 8.16. The van der Waals surface area contributed by atoms with Gasteiger partial charge in [0.1, 0.15) is 22.5 Å². The molecule has 0 fully saturated rings. The summed E-state index contributed by atoms with van der Waals surface area (Å²) in [5.74, 6) is -2.72. The lowest BCUT2D eigenvalue weighted by Crippen LogP contribution is -2.08. The highest BCUT2D eigenvalue weighted by Crippen LogP contribution is 2.23. The van der Waals surface area contributed by atoms with Crippen molar-refractivity contribution in [3.8, 4) is 0 Å². The number of aromatic nitrogens is 4. The van der Waals surface area contributed by atoms with Crippen LogP contribution in [-0.2, 0) is 13.1 Å². The number of rotatable bonds is 7. The molecule has 0 unspecified atom stereocenters. The first kappa shape index (κ1) is 18.9. The second-order valence-corrected chi connectivity index (χ2v) is 5.84. The van der Waals surface area contributed by atoms with Gasteiger partial charge in [-0.15, -0.1) is 0 Å². The molecule has 7 nitrogen and oxygen atoms in total. The molecule has 0 aliphatic carbocycles. The molecule has 0 atom stereocenters. The molecule has 0 bridgehead atoms. The lowest BCUT2D eigenvalue weighted by Gasteiger charge is -2.10. The number of anilines is 3. The van der Waals surface area contributed by atoms with E-state index in [1.165, 1.54) is 17.1 Å². The van der Waals surface area contributed by atoms with Crippen LogP contribution in [-0.4, -0.2) is 31.5 Å². The third kappa shape index (κ3) is 4.66. The van der Waals surface area contributed by atoms with E-state index in [0.717, 1.165) is 0 Å². The number of aliphatic hydroxyl groups is 1. The number of halogens is 4. The Balaban J connectivity index is 1.73. The molecule has 11 heteroatoms. The van der Waals surface area contributed by atoms with Crippen LogP contribution < -0.4 is 10.6 Å². The van der Waals surface area contributed by atoms with Crippen molar-refractivity contribution in [3.63, 3.8) is 0 Å². The Labute approximate surface area is 156 Å². The third-order valence-corrected chi connectivity index (χ3v) is 3.78. The van der Waals surface area contributed by atoms with E-state index < -0.39 is 17.5 Å². The van der Waals surface area contributed by atoms with Gasteiger partial charge in [0, 0.05) is 30.4 Å². The molecule has 0 aliphatic heterocycles. The van der Waals surface area contributed by atoms with E-state index in [1.54, 1.807) is 6.20 Å². The van der Waals surface area contributed by atoms with Gasteiger partial charge in [0.2, 0.25) is 5.95 Å². The van der Waals surface area contributed by atoms with Crippen LogP contribution in [0.5, 0.6) is 0 Å². The molecule has 27 heavy (non-hydrogen) atoms. The van der Waals surface area contributed by atoms with Crippen LogP contribution in [0.1, 0.15) is 5.56 Å². The van der Waals surface area contributed by atoms with Gasteiger partial charge in [-0.25, -0.2) is 18.2 Å². The number of nitrogens with one attached hydrogen (secondary N) is 2. The van der Waals surface area contributed by atoms with Crippen LogP contribution in [0.25, 0.3) is 0 Å². The van der Waals surface area contributed by atoms with Crippen molar-refractivity contribution >= 4 is 29.1 Å². The Morgan fingerprint density at radius 1 is 1.15 bits per heavy atom. The van der Waals surface area contributed by atoms with Gasteiger partial charge in [-0.1, -0.05) is 11.6 Å². The van der Waals surface area contributed by atoms with Crippen LogP contribution in [0.3, 0.4) is 0 Å². The molecular formula is C16H14ClF3N6O. The van der Waals surface area contributed by atoms with E-state index in [-0.39, 0.29) is 35.5 Å². The van der Waals surface area contributed by atoms with E-state index in [4.69, 9.17) is 16.7 Å². The van der Waals surface area contributed by atoms with E-state index in [9.17, 15) is 13.2 Å². The van der Waals surface area contributed by atoms with Crippen LogP contribution in [0.2, 0.25) is 5.02 Å². The minimum absolute atomic E-state index is 0.0524. The summed E-state index contributed by atoms with van der Waals surface area (Å²) in [5, 5.41) is 18.7. The number of aliphatic hydroxyl groups excluding tert-OH is 1. The predicted molar refractivity (Wildman–Crippen MR) is 93.3 cm³/mol. The number of hydrogen-bond acceptors (Lipinski definition) is 6. The molecule has 0 aliphatic rings. The molecule has 3 aromatic rings. The van der Waals surface area contributed by atoms with Gasteiger partial charge in [0.05, 0.1) is 31.2 Å². The number of benzene rings is 1. The highest BCUT2D eigenvalue weighted by atomic mass is 35.5. The van der Waals surface area contributed by atoms with Crippen molar-refractivity contribution in [1.82, 2.24) is 19.7 Å². The highest BCUT2D eigenvalue weighted by Gasteiger charge is 2.13. The zero-order valence-corrected chi connectivity index (χ0v) is 14.5. The molecular weight excluding hydrogens is 385 g/mol. The van der Waals surface area contributed by atoms with Crippen LogP contribution in [0.4, 0.5) is 30.6 Å². The molecule has 142 valence electrons. The average Bonchev–Trinajstić information content (AvgIpc) is 3.04. The van der Waals surface area contributed by atoms with Gasteiger partial charge >= 0.3 is 0 Å². The fraction of sp³-hybridized carbons (Fsp3) is 0.188. The van der Waals surface area contributed by atoms with Crippen LogP contribution in [0.15, 0.2) is 30.7 Å². The van der Waals surface area contributed by atoms with Crippen LogP contribution in [0, 0.1) is 17.5 Å². The van der Waals surface area contributed by atoms with Gasteiger partial charge in [0.25, 0.3) is 0 Å². The number of hydrogen-bond donors (Lipinski definition) is 3. The number of nitrogens with zero attached hydrogens (tertiary/aromatic N) is 4. The van der Waals surface area contributed by atoms with Crippen molar-refractivity contribution in [2.45, 2.75) is 13.1 Å². The predicted octanol–water partition coefficient (Wildman–Crippen LogP) is 3.09. The largest absolute Gasteiger partial charge is 0.394 e. The molecule has 1 aromatic carbocycles. The van der Waals surface area contributed by atoms with Crippen molar-refractivity contribution in [2.24, 2.45) is 0 Å². The maximum atomic E-state index is 13.7. The maximum Gasteiger partial charge on any atom is 0.229 e. The van der Waals surface area contributed by atoms with Crippen molar-refractivity contribution < 1.29 is 18.3 Å². The maximum absolute atomic E-state index is 13.7. The Morgan fingerprint density at radius 3 is 2.59 bits per heavy atom. The van der Waals surface area contributed by atoms with E-state index in [2.05, 4.69) is 25.7 Å². The van der Waals surface area contributed by atoms with E-state index >= 15 is 0 Å². The molecule has 0 radical (unpaired) electrons. The smallest absolute Gasteiger partial charge is 0.229 e. The standard InChI is InChI=1S/C16H14ClF3N6O/c17-12-7-22-16(24-10-5-23-26(8-10)1-2-27)25-15(12)21-6-11-13(19)3-9(18)4-14(11)20/h3-5,7-8,27H,1-2,6H2,(H2,21,22,24,25). The Bertz CT molecular complexity index is 929. The molecule has 0 amide bonds. The van der Waals surface area contributed by atoms with E-state index in [1.807, 2.05) is 0 Å².